The fourth-order valence-corrected chi connectivity index (χ4v) is 5.69. The number of fused-ring (bicyclic) bond motifs is 3. The molecule has 0 saturated carbocycles. The third-order valence-corrected chi connectivity index (χ3v) is 7.31. The summed E-state index contributed by atoms with van der Waals surface area (Å²) in [6, 6.07) is 25.8. The molecule has 0 aliphatic heterocycles. The van der Waals surface area contributed by atoms with Crippen molar-refractivity contribution in [2.45, 2.75) is 6.54 Å². The lowest BCUT2D eigenvalue weighted by molar-refractivity contribution is 0.0944. The number of benzene rings is 4. The molecule has 0 fully saturated rings. The van der Waals surface area contributed by atoms with E-state index in [9.17, 15) is 13.6 Å². The third-order valence-electron chi connectivity index (χ3n) is 6.09. The van der Waals surface area contributed by atoms with E-state index in [4.69, 9.17) is 0 Å². The predicted molar refractivity (Wildman–Crippen MR) is 139 cm³/mol. The highest BCUT2D eigenvalue weighted by Crippen LogP contribution is 2.40. The van der Waals surface area contributed by atoms with Crippen molar-refractivity contribution in [1.29, 1.82) is 0 Å². The van der Waals surface area contributed by atoms with Gasteiger partial charge in [-0.3, -0.25) is 9.36 Å². The molecule has 6 rings (SSSR count). The number of carbonyl (C=O) groups is 1. The summed E-state index contributed by atoms with van der Waals surface area (Å²) in [5, 5.41) is 5.18. The van der Waals surface area contributed by atoms with Crippen LogP contribution in [0.3, 0.4) is 0 Å². The number of thiophene rings is 1. The number of imidazole rings is 1. The topological polar surface area (TPSA) is 46.9 Å². The Hall–Kier alpha value is -4.36. The normalized spacial score (nSPS) is 11.3. The molecule has 0 spiro atoms. The van der Waals surface area contributed by atoms with Gasteiger partial charge >= 0.3 is 0 Å². The number of rotatable bonds is 5. The number of amides is 1. The van der Waals surface area contributed by atoms with E-state index in [-0.39, 0.29) is 6.54 Å². The zero-order valence-electron chi connectivity index (χ0n) is 18.9. The Morgan fingerprint density at radius 2 is 1.67 bits per heavy atom. The maximum Gasteiger partial charge on any atom is 0.270 e. The number of nitrogens with one attached hydrogen (secondary N) is 1. The molecule has 6 aromatic rings. The van der Waals surface area contributed by atoms with Gasteiger partial charge in [0.25, 0.3) is 5.91 Å². The molecule has 0 radical (unpaired) electrons. The Labute approximate surface area is 209 Å². The number of aromatic nitrogens is 2. The van der Waals surface area contributed by atoms with Crippen LogP contribution in [0, 0.1) is 11.6 Å². The van der Waals surface area contributed by atoms with Crippen molar-refractivity contribution in [2.75, 3.05) is 0 Å². The van der Waals surface area contributed by atoms with E-state index in [1.54, 1.807) is 22.2 Å². The van der Waals surface area contributed by atoms with Crippen molar-refractivity contribution in [3.8, 4) is 16.8 Å². The fourth-order valence-electron chi connectivity index (χ4n) is 4.45. The van der Waals surface area contributed by atoms with Crippen LogP contribution in [0.5, 0.6) is 0 Å². The summed E-state index contributed by atoms with van der Waals surface area (Å²) >= 11 is 1.76. The van der Waals surface area contributed by atoms with Gasteiger partial charge in [0.15, 0.2) is 0 Å². The van der Waals surface area contributed by atoms with Gasteiger partial charge in [-0.2, -0.15) is 0 Å². The molecule has 2 aromatic heterocycles. The summed E-state index contributed by atoms with van der Waals surface area (Å²) in [5.74, 6) is -1.77. The first-order chi connectivity index (χ1) is 17.6. The molecule has 0 atom stereocenters. The van der Waals surface area contributed by atoms with Gasteiger partial charge in [0.2, 0.25) is 0 Å². The van der Waals surface area contributed by atoms with Crippen molar-refractivity contribution < 1.29 is 13.6 Å². The molecule has 1 N–H and O–H groups in total. The van der Waals surface area contributed by atoms with Crippen LogP contribution < -0.4 is 5.32 Å². The average molecular weight is 496 g/mol. The number of hydrogen-bond donors (Lipinski definition) is 1. The van der Waals surface area contributed by atoms with Crippen LogP contribution in [0.4, 0.5) is 8.78 Å². The molecule has 4 aromatic carbocycles. The summed E-state index contributed by atoms with van der Waals surface area (Å²) < 4.78 is 31.1. The van der Waals surface area contributed by atoms with Crippen LogP contribution in [-0.4, -0.2) is 15.5 Å². The number of nitrogens with zero attached hydrogens (tertiary/aromatic N) is 2. The first kappa shape index (κ1) is 22.1. The fraction of sp³-hybridized carbons (Fsp3) is 0.0345. The maximum absolute atomic E-state index is 13.5. The van der Waals surface area contributed by atoms with Gasteiger partial charge in [-0.15, -0.1) is 11.3 Å². The van der Waals surface area contributed by atoms with Crippen LogP contribution in [0.15, 0.2) is 97.5 Å². The second kappa shape index (κ2) is 9.02. The number of halogens is 2. The summed E-state index contributed by atoms with van der Waals surface area (Å²) in [6.07, 6.45) is 3.05. The Kier molecular flexibility index (Phi) is 5.54. The van der Waals surface area contributed by atoms with E-state index < -0.39 is 17.5 Å². The lowest BCUT2D eigenvalue weighted by Gasteiger charge is -2.11. The van der Waals surface area contributed by atoms with Crippen LogP contribution in [-0.2, 0) is 6.54 Å². The molecule has 0 unspecified atom stereocenters. The van der Waals surface area contributed by atoms with Gasteiger partial charge in [-0.05, 0) is 47.0 Å². The van der Waals surface area contributed by atoms with Crippen molar-refractivity contribution in [3.63, 3.8) is 0 Å². The molecular formula is C29H19F2N3OS. The molecule has 36 heavy (non-hydrogen) atoms. The average Bonchev–Trinajstić information content (AvgIpc) is 3.52. The van der Waals surface area contributed by atoms with Gasteiger partial charge in [0.1, 0.15) is 17.3 Å². The quantitative estimate of drug-likeness (QED) is 0.277. The molecule has 176 valence electrons. The standard InChI is InChI=1S/C29H19F2N3OS/c30-20-11-18(12-21(31)14-20)15-33-29(35)26-16-32-17-34(26)22-6-3-5-19(13-22)23-8-4-9-25-24-7-1-2-10-27(24)36-28(23)25/h1-14,16-17H,15H2,(H,33,35). The lowest BCUT2D eigenvalue weighted by atomic mass is 10.0. The summed E-state index contributed by atoms with van der Waals surface area (Å²) in [7, 11) is 0. The van der Waals surface area contributed by atoms with Crippen molar-refractivity contribution in [2.24, 2.45) is 0 Å². The van der Waals surface area contributed by atoms with Gasteiger partial charge in [-0.1, -0.05) is 48.5 Å². The Bertz CT molecular complexity index is 1730. The van der Waals surface area contributed by atoms with E-state index in [0.717, 1.165) is 22.9 Å². The highest BCUT2D eigenvalue weighted by Gasteiger charge is 2.15. The molecule has 4 nitrogen and oxygen atoms in total. The largest absolute Gasteiger partial charge is 0.347 e. The minimum Gasteiger partial charge on any atom is -0.347 e. The van der Waals surface area contributed by atoms with E-state index >= 15 is 0 Å². The van der Waals surface area contributed by atoms with Crippen LogP contribution in [0.2, 0.25) is 0 Å². The first-order valence-corrected chi connectivity index (χ1v) is 12.1. The van der Waals surface area contributed by atoms with Gasteiger partial charge in [0, 0.05) is 38.5 Å². The smallest absolute Gasteiger partial charge is 0.270 e. The predicted octanol–water partition coefficient (Wildman–Crippen LogP) is 7.12. The van der Waals surface area contributed by atoms with Crippen molar-refractivity contribution in [3.05, 3.63) is 120 Å². The van der Waals surface area contributed by atoms with Crippen LogP contribution >= 0.6 is 11.3 Å². The molecule has 1 amide bonds. The zero-order valence-corrected chi connectivity index (χ0v) is 19.7. The van der Waals surface area contributed by atoms with Crippen LogP contribution in [0.1, 0.15) is 16.1 Å². The van der Waals surface area contributed by atoms with E-state index in [1.807, 2.05) is 18.2 Å². The molecule has 0 saturated heterocycles. The second-order valence-corrected chi connectivity index (χ2v) is 9.49. The molecule has 7 heteroatoms. The van der Waals surface area contributed by atoms with Crippen molar-refractivity contribution >= 4 is 37.4 Å². The zero-order chi connectivity index (χ0) is 24.6. The maximum atomic E-state index is 13.5. The molecule has 2 heterocycles. The van der Waals surface area contributed by atoms with Crippen molar-refractivity contribution in [1.82, 2.24) is 14.9 Å². The molecule has 0 aliphatic rings. The van der Waals surface area contributed by atoms with Gasteiger partial charge in [0.05, 0.1) is 12.5 Å². The van der Waals surface area contributed by atoms with Crippen LogP contribution in [0.25, 0.3) is 37.0 Å². The monoisotopic (exact) mass is 495 g/mol. The molecular weight excluding hydrogens is 476 g/mol. The SMILES string of the molecule is O=C(NCc1cc(F)cc(F)c1)c1cncn1-c1cccc(-c2cccc3c2sc2ccccc23)c1. The highest BCUT2D eigenvalue weighted by molar-refractivity contribution is 7.26. The highest BCUT2D eigenvalue weighted by atomic mass is 32.1. The summed E-state index contributed by atoms with van der Waals surface area (Å²) in [6.45, 7) is -0.00727. The Balaban J connectivity index is 1.32. The van der Waals surface area contributed by atoms with E-state index in [0.29, 0.717) is 11.3 Å². The first-order valence-electron chi connectivity index (χ1n) is 11.3. The summed E-state index contributed by atoms with van der Waals surface area (Å²) in [5.41, 5.74) is 3.59. The molecule has 0 bridgehead atoms. The van der Waals surface area contributed by atoms with E-state index in [1.165, 1.54) is 38.5 Å². The third kappa shape index (κ3) is 4.03. The van der Waals surface area contributed by atoms with Gasteiger partial charge < -0.3 is 5.32 Å². The van der Waals surface area contributed by atoms with Gasteiger partial charge in [-0.25, -0.2) is 13.8 Å². The molecule has 0 aliphatic carbocycles. The van der Waals surface area contributed by atoms with E-state index in [2.05, 4.69) is 58.8 Å². The minimum absolute atomic E-state index is 0.00727. The minimum atomic E-state index is -0.685. The summed E-state index contributed by atoms with van der Waals surface area (Å²) in [4.78, 5) is 17.1. The lowest BCUT2D eigenvalue weighted by Crippen LogP contribution is -2.25. The Morgan fingerprint density at radius 1 is 0.889 bits per heavy atom. The number of carbonyl (C=O) groups excluding carboxylic acids is 1. The Morgan fingerprint density at radius 3 is 2.53 bits per heavy atom. The second-order valence-electron chi connectivity index (χ2n) is 8.44. The number of hydrogen-bond acceptors (Lipinski definition) is 3.